The zero-order valence-corrected chi connectivity index (χ0v) is 11.5. The first kappa shape index (κ1) is 12.9. The Morgan fingerprint density at radius 3 is 2.75 bits per heavy atom. The maximum Gasteiger partial charge on any atom is 0.236 e. The van der Waals surface area contributed by atoms with Crippen LogP contribution < -0.4 is 4.74 Å². The third kappa shape index (κ3) is 2.89. The molecule has 4 nitrogen and oxygen atoms in total. The summed E-state index contributed by atoms with van der Waals surface area (Å²) in [4.78, 5) is 5.38. The SMILES string of the molecule is OCc1ccc(OCc2coc(-c3cccs3)n2)cc1. The molecule has 1 aromatic carbocycles. The molecule has 0 aliphatic rings. The highest BCUT2D eigenvalue weighted by Crippen LogP contribution is 2.24. The van der Waals surface area contributed by atoms with E-state index in [1.807, 2.05) is 41.8 Å². The van der Waals surface area contributed by atoms with Gasteiger partial charge in [-0.25, -0.2) is 4.98 Å². The van der Waals surface area contributed by atoms with E-state index in [0.717, 1.165) is 21.9 Å². The molecule has 20 heavy (non-hydrogen) atoms. The van der Waals surface area contributed by atoms with Crippen molar-refractivity contribution in [3.63, 3.8) is 0 Å². The summed E-state index contributed by atoms with van der Waals surface area (Å²) in [5.41, 5.74) is 1.61. The van der Waals surface area contributed by atoms with Crippen LogP contribution in [0.25, 0.3) is 10.8 Å². The number of aromatic nitrogens is 1. The Morgan fingerprint density at radius 1 is 1.20 bits per heavy atom. The van der Waals surface area contributed by atoms with Crippen molar-refractivity contribution < 1.29 is 14.3 Å². The molecule has 0 bridgehead atoms. The topological polar surface area (TPSA) is 55.5 Å². The Kier molecular flexibility index (Phi) is 3.80. The van der Waals surface area contributed by atoms with Gasteiger partial charge < -0.3 is 14.3 Å². The van der Waals surface area contributed by atoms with Gasteiger partial charge in [-0.05, 0) is 29.1 Å². The number of thiophene rings is 1. The number of aliphatic hydroxyl groups excluding tert-OH is 1. The molecule has 0 saturated heterocycles. The van der Waals surface area contributed by atoms with Gasteiger partial charge >= 0.3 is 0 Å². The lowest BCUT2D eigenvalue weighted by molar-refractivity contribution is 0.280. The third-order valence-electron chi connectivity index (χ3n) is 2.78. The second-order valence-corrected chi connectivity index (χ2v) is 5.16. The molecular weight excluding hydrogens is 274 g/mol. The Balaban J connectivity index is 1.63. The smallest absolute Gasteiger partial charge is 0.236 e. The standard InChI is InChI=1S/C15H13NO3S/c17-8-11-3-5-13(6-4-11)18-9-12-10-19-15(16-12)14-2-1-7-20-14/h1-7,10,17H,8-9H2. The summed E-state index contributed by atoms with van der Waals surface area (Å²) in [5.74, 6) is 1.36. The second-order valence-electron chi connectivity index (χ2n) is 4.21. The van der Waals surface area contributed by atoms with Gasteiger partial charge in [0.2, 0.25) is 5.89 Å². The molecule has 0 spiro atoms. The largest absolute Gasteiger partial charge is 0.487 e. The predicted octanol–water partition coefficient (Wildman–Crippen LogP) is 3.47. The molecule has 5 heteroatoms. The van der Waals surface area contributed by atoms with E-state index >= 15 is 0 Å². The van der Waals surface area contributed by atoms with Crippen LogP contribution in [0.1, 0.15) is 11.3 Å². The normalized spacial score (nSPS) is 10.7. The van der Waals surface area contributed by atoms with Crippen LogP contribution in [0.15, 0.2) is 52.5 Å². The summed E-state index contributed by atoms with van der Waals surface area (Å²) >= 11 is 1.59. The van der Waals surface area contributed by atoms with Gasteiger partial charge in [-0.2, -0.15) is 0 Å². The van der Waals surface area contributed by atoms with Crippen LogP contribution in [-0.4, -0.2) is 10.1 Å². The number of hydrogen-bond acceptors (Lipinski definition) is 5. The molecule has 3 aromatic rings. The summed E-state index contributed by atoms with van der Waals surface area (Å²) < 4.78 is 11.0. The van der Waals surface area contributed by atoms with E-state index in [1.54, 1.807) is 17.6 Å². The summed E-state index contributed by atoms with van der Waals surface area (Å²) in [6, 6.07) is 11.2. The maximum absolute atomic E-state index is 8.97. The Morgan fingerprint density at radius 2 is 2.05 bits per heavy atom. The van der Waals surface area contributed by atoms with Crippen LogP contribution >= 0.6 is 11.3 Å². The van der Waals surface area contributed by atoms with Crippen LogP contribution in [-0.2, 0) is 13.2 Å². The summed E-state index contributed by atoms with van der Waals surface area (Å²) in [7, 11) is 0. The number of benzene rings is 1. The molecule has 0 amide bonds. The monoisotopic (exact) mass is 287 g/mol. The fraction of sp³-hybridized carbons (Fsp3) is 0.133. The lowest BCUT2D eigenvalue weighted by Crippen LogP contribution is -1.95. The summed E-state index contributed by atoms with van der Waals surface area (Å²) in [6.45, 7) is 0.390. The fourth-order valence-corrected chi connectivity index (χ4v) is 2.39. The molecular formula is C15H13NO3S. The van der Waals surface area contributed by atoms with Crippen molar-refractivity contribution in [1.29, 1.82) is 0 Å². The molecule has 3 rings (SSSR count). The van der Waals surface area contributed by atoms with Crippen molar-refractivity contribution in [3.8, 4) is 16.5 Å². The van der Waals surface area contributed by atoms with Crippen LogP contribution in [0.5, 0.6) is 5.75 Å². The van der Waals surface area contributed by atoms with E-state index in [4.69, 9.17) is 14.3 Å². The van der Waals surface area contributed by atoms with E-state index in [2.05, 4.69) is 4.98 Å². The molecule has 0 radical (unpaired) electrons. The van der Waals surface area contributed by atoms with Crippen molar-refractivity contribution in [2.45, 2.75) is 13.2 Å². The first-order chi connectivity index (χ1) is 9.85. The molecule has 2 aromatic heterocycles. The van der Waals surface area contributed by atoms with Crippen molar-refractivity contribution in [2.24, 2.45) is 0 Å². The first-order valence-corrected chi connectivity index (χ1v) is 7.04. The Labute approximate surface area is 120 Å². The zero-order valence-electron chi connectivity index (χ0n) is 10.7. The molecule has 0 atom stereocenters. The molecule has 0 aliphatic heterocycles. The van der Waals surface area contributed by atoms with Gasteiger partial charge in [-0.15, -0.1) is 11.3 Å². The molecule has 0 fully saturated rings. The Hall–Kier alpha value is -2.11. The molecule has 2 heterocycles. The average molecular weight is 287 g/mol. The van der Waals surface area contributed by atoms with Crippen LogP contribution in [0, 0.1) is 0 Å². The van der Waals surface area contributed by atoms with Gasteiger partial charge in [0.25, 0.3) is 0 Å². The second kappa shape index (κ2) is 5.90. The van der Waals surface area contributed by atoms with Gasteiger partial charge in [-0.3, -0.25) is 0 Å². The quantitative estimate of drug-likeness (QED) is 0.780. The van der Waals surface area contributed by atoms with E-state index in [1.165, 1.54) is 0 Å². The molecule has 0 unspecified atom stereocenters. The zero-order chi connectivity index (χ0) is 13.8. The van der Waals surface area contributed by atoms with Crippen LogP contribution in [0.2, 0.25) is 0 Å². The van der Waals surface area contributed by atoms with Gasteiger partial charge in [0, 0.05) is 0 Å². The predicted molar refractivity (Wildman–Crippen MR) is 76.5 cm³/mol. The molecule has 0 aliphatic carbocycles. The molecule has 102 valence electrons. The highest BCUT2D eigenvalue weighted by Gasteiger charge is 2.07. The van der Waals surface area contributed by atoms with Gasteiger partial charge in [-0.1, -0.05) is 18.2 Å². The van der Waals surface area contributed by atoms with Crippen molar-refractivity contribution in [3.05, 3.63) is 59.3 Å². The minimum Gasteiger partial charge on any atom is -0.487 e. The van der Waals surface area contributed by atoms with Gasteiger partial charge in [0.15, 0.2) is 0 Å². The first-order valence-electron chi connectivity index (χ1n) is 6.16. The highest BCUT2D eigenvalue weighted by atomic mass is 32.1. The number of aliphatic hydroxyl groups is 1. The van der Waals surface area contributed by atoms with E-state index in [-0.39, 0.29) is 6.61 Å². The number of nitrogens with zero attached hydrogens (tertiary/aromatic N) is 1. The Bertz CT molecular complexity index is 659. The lowest BCUT2D eigenvalue weighted by atomic mass is 10.2. The van der Waals surface area contributed by atoms with Crippen molar-refractivity contribution in [1.82, 2.24) is 4.98 Å². The third-order valence-corrected chi connectivity index (χ3v) is 3.63. The number of oxazole rings is 1. The average Bonchev–Trinajstić information content (AvgIpc) is 3.16. The van der Waals surface area contributed by atoms with E-state index < -0.39 is 0 Å². The van der Waals surface area contributed by atoms with Crippen molar-refractivity contribution in [2.75, 3.05) is 0 Å². The van der Waals surface area contributed by atoms with E-state index in [0.29, 0.717) is 12.5 Å². The number of ether oxygens (including phenoxy) is 1. The fourth-order valence-electron chi connectivity index (χ4n) is 1.74. The maximum atomic E-state index is 8.97. The minimum absolute atomic E-state index is 0.0355. The van der Waals surface area contributed by atoms with E-state index in [9.17, 15) is 0 Å². The van der Waals surface area contributed by atoms with Crippen molar-refractivity contribution >= 4 is 11.3 Å². The number of rotatable bonds is 5. The van der Waals surface area contributed by atoms with Gasteiger partial charge in [0.1, 0.15) is 24.3 Å². The molecule has 0 saturated carbocycles. The molecule has 1 N–H and O–H groups in total. The highest BCUT2D eigenvalue weighted by molar-refractivity contribution is 7.13. The summed E-state index contributed by atoms with van der Waals surface area (Å²) in [6.07, 6.45) is 1.61. The summed E-state index contributed by atoms with van der Waals surface area (Å²) in [5, 5.41) is 11.0. The lowest BCUT2D eigenvalue weighted by Gasteiger charge is -2.04. The number of hydrogen-bond donors (Lipinski definition) is 1. The van der Waals surface area contributed by atoms with Gasteiger partial charge in [0.05, 0.1) is 11.5 Å². The van der Waals surface area contributed by atoms with Crippen LogP contribution in [0.3, 0.4) is 0 Å². The van der Waals surface area contributed by atoms with Crippen LogP contribution in [0.4, 0.5) is 0 Å². The minimum atomic E-state index is 0.0355.